The summed E-state index contributed by atoms with van der Waals surface area (Å²) in [5, 5.41) is 0. The highest BCUT2D eigenvalue weighted by molar-refractivity contribution is 5.80. The van der Waals surface area contributed by atoms with Gasteiger partial charge in [-0.3, -0.25) is 4.79 Å². The van der Waals surface area contributed by atoms with E-state index in [1.54, 1.807) is 0 Å². The van der Waals surface area contributed by atoms with Crippen LogP contribution in [0.25, 0.3) is 0 Å². The lowest BCUT2D eigenvalue weighted by Crippen LogP contribution is -1.96. The van der Waals surface area contributed by atoms with E-state index in [9.17, 15) is 4.79 Å². The Labute approximate surface area is 87.9 Å². The van der Waals surface area contributed by atoms with Crippen molar-refractivity contribution in [2.45, 2.75) is 53.4 Å². The van der Waals surface area contributed by atoms with Crippen molar-refractivity contribution in [3.63, 3.8) is 0 Å². The lowest BCUT2D eigenvalue weighted by Gasteiger charge is -2.11. The Kier molecular flexibility index (Phi) is 7.09. The van der Waals surface area contributed by atoms with Crippen molar-refractivity contribution < 1.29 is 4.79 Å². The van der Waals surface area contributed by atoms with Gasteiger partial charge in [0.1, 0.15) is 6.29 Å². The number of allylic oxidation sites excluding steroid dienone is 4. The molecule has 0 bridgehead atoms. The Morgan fingerprint density at radius 1 is 1.29 bits per heavy atom. The monoisotopic (exact) mass is 194 g/mol. The first-order chi connectivity index (χ1) is 6.67. The highest BCUT2D eigenvalue weighted by atomic mass is 16.1. The predicted octanol–water partition coefficient (Wildman–Crippen LogP) is 4.05. The van der Waals surface area contributed by atoms with Gasteiger partial charge in [0, 0.05) is 5.57 Å². The molecule has 0 N–H and O–H groups in total. The first-order valence-corrected chi connectivity index (χ1v) is 5.49. The largest absolute Gasteiger partial charge is 0.298 e. The molecule has 1 aliphatic carbocycles. The second-order valence-corrected chi connectivity index (χ2v) is 3.72. The summed E-state index contributed by atoms with van der Waals surface area (Å²) >= 11 is 0. The van der Waals surface area contributed by atoms with Crippen LogP contribution in [0.4, 0.5) is 0 Å². The predicted molar refractivity (Wildman–Crippen MR) is 62.3 cm³/mol. The molecular formula is C13H22O. The Bertz CT molecular complexity index is 232. The number of hydrogen-bond acceptors (Lipinski definition) is 1. The molecule has 1 nitrogen and oxygen atoms in total. The lowest BCUT2D eigenvalue weighted by molar-refractivity contribution is -0.104. The molecule has 14 heavy (non-hydrogen) atoms. The molecule has 0 radical (unpaired) electrons. The maximum atomic E-state index is 10.4. The van der Waals surface area contributed by atoms with Gasteiger partial charge in [-0.15, -0.1) is 0 Å². The van der Waals surface area contributed by atoms with Crippen molar-refractivity contribution in [1.82, 2.24) is 0 Å². The van der Waals surface area contributed by atoms with Crippen molar-refractivity contribution in [3.8, 4) is 0 Å². The van der Waals surface area contributed by atoms with Crippen LogP contribution in [-0.4, -0.2) is 6.29 Å². The fraction of sp³-hybridized carbons (Fsp3) is 0.615. The smallest absolute Gasteiger partial charge is 0.149 e. The van der Waals surface area contributed by atoms with Crippen LogP contribution in [0.1, 0.15) is 53.4 Å². The summed E-state index contributed by atoms with van der Waals surface area (Å²) in [5.41, 5.74) is 3.40. The summed E-state index contributed by atoms with van der Waals surface area (Å²) in [6.07, 6.45) is 7.73. The summed E-state index contributed by atoms with van der Waals surface area (Å²) in [6.45, 7) is 8.46. The highest BCUT2D eigenvalue weighted by Gasteiger charge is 2.06. The molecule has 0 aromatic heterocycles. The van der Waals surface area contributed by atoms with Crippen LogP contribution in [0.15, 0.2) is 22.8 Å². The zero-order valence-corrected chi connectivity index (χ0v) is 9.89. The topological polar surface area (TPSA) is 17.1 Å². The highest BCUT2D eigenvalue weighted by Crippen LogP contribution is 2.22. The minimum absolute atomic E-state index is 0.878. The number of hydrogen-bond donors (Lipinski definition) is 0. The Balaban J connectivity index is 0.000000364. The first-order valence-electron chi connectivity index (χ1n) is 5.49. The average Bonchev–Trinajstić information content (AvgIpc) is 2.22. The van der Waals surface area contributed by atoms with E-state index in [4.69, 9.17) is 0 Å². The van der Waals surface area contributed by atoms with Crippen LogP contribution in [0, 0.1) is 0 Å². The third kappa shape index (κ3) is 4.40. The van der Waals surface area contributed by atoms with Gasteiger partial charge in [-0.1, -0.05) is 38.3 Å². The molecule has 0 amide bonds. The lowest BCUT2D eigenvalue weighted by atomic mass is 9.94. The van der Waals surface area contributed by atoms with Gasteiger partial charge in [-0.05, 0) is 32.3 Å². The van der Waals surface area contributed by atoms with E-state index in [-0.39, 0.29) is 0 Å². The third-order valence-electron chi connectivity index (χ3n) is 2.58. The van der Waals surface area contributed by atoms with E-state index in [1.807, 2.05) is 13.0 Å². The molecule has 0 atom stereocenters. The van der Waals surface area contributed by atoms with E-state index < -0.39 is 0 Å². The first kappa shape index (κ1) is 13.2. The molecule has 0 heterocycles. The van der Waals surface area contributed by atoms with Crippen LogP contribution in [0.5, 0.6) is 0 Å². The third-order valence-corrected chi connectivity index (χ3v) is 2.58. The number of carbonyl (C=O) groups excluding carboxylic acids is 1. The number of aldehydes is 1. The van der Waals surface area contributed by atoms with Crippen LogP contribution >= 0.6 is 0 Å². The normalized spacial score (nSPS) is 15.6. The average molecular weight is 194 g/mol. The van der Waals surface area contributed by atoms with Gasteiger partial charge in [0.05, 0.1) is 0 Å². The van der Waals surface area contributed by atoms with Crippen LogP contribution in [0.3, 0.4) is 0 Å². The molecule has 0 aliphatic heterocycles. The van der Waals surface area contributed by atoms with Gasteiger partial charge >= 0.3 is 0 Å². The van der Waals surface area contributed by atoms with Gasteiger partial charge in [0.2, 0.25) is 0 Å². The second-order valence-electron chi connectivity index (χ2n) is 3.72. The van der Waals surface area contributed by atoms with E-state index in [2.05, 4.69) is 20.8 Å². The molecule has 0 aromatic rings. The Morgan fingerprint density at radius 2 is 1.86 bits per heavy atom. The van der Waals surface area contributed by atoms with Gasteiger partial charge in [-0.2, -0.15) is 0 Å². The van der Waals surface area contributed by atoms with Crippen molar-refractivity contribution in [2.24, 2.45) is 0 Å². The van der Waals surface area contributed by atoms with Crippen LogP contribution in [-0.2, 0) is 4.79 Å². The Morgan fingerprint density at radius 3 is 2.21 bits per heavy atom. The van der Waals surface area contributed by atoms with Gasteiger partial charge < -0.3 is 0 Å². The standard InChI is InChI=1S/C9H12O.C4H10/c1-7-4-3-5-9(6-10)8(7)2;1-3-4-2/h5-6H,3-4H2,1-2H3;3-4H2,1-2H3. The number of rotatable bonds is 2. The van der Waals surface area contributed by atoms with Gasteiger partial charge in [-0.25, -0.2) is 0 Å². The van der Waals surface area contributed by atoms with E-state index in [0.29, 0.717) is 0 Å². The molecule has 1 aliphatic rings. The molecule has 0 unspecified atom stereocenters. The summed E-state index contributed by atoms with van der Waals surface area (Å²) in [7, 11) is 0. The van der Waals surface area contributed by atoms with Gasteiger partial charge in [0.25, 0.3) is 0 Å². The zero-order chi connectivity index (χ0) is 11.0. The molecule has 1 rings (SSSR count). The van der Waals surface area contributed by atoms with Gasteiger partial charge in [0.15, 0.2) is 0 Å². The maximum absolute atomic E-state index is 10.4. The quantitative estimate of drug-likeness (QED) is 0.606. The van der Waals surface area contributed by atoms with E-state index >= 15 is 0 Å². The summed E-state index contributed by atoms with van der Waals surface area (Å²) in [4.78, 5) is 10.4. The Hall–Kier alpha value is -0.850. The van der Waals surface area contributed by atoms with Crippen molar-refractivity contribution >= 4 is 6.29 Å². The SMILES string of the molecule is CC1=C(C)C(C=O)=CCC1.CCCC. The van der Waals surface area contributed by atoms with Crippen molar-refractivity contribution in [2.75, 3.05) is 0 Å². The molecule has 80 valence electrons. The molecular weight excluding hydrogens is 172 g/mol. The fourth-order valence-electron chi connectivity index (χ4n) is 1.17. The minimum Gasteiger partial charge on any atom is -0.298 e. The van der Waals surface area contributed by atoms with Crippen molar-refractivity contribution in [1.29, 1.82) is 0 Å². The fourth-order valence-corrected chi connectivity index (χ4v) is 1.17. The number of carbonyl (C=O) groups is 1. The molecule has 0 fully saturated rings. The van der Waals surface area contributed by atoms with E-state index in [1.165, 1.54) is 24.0 Å². The minimum atomic E-state index is 0.878. The molecule has 0 saturated carbocycles. The van der Waals surface area contributed by atoms with Crippen molar-refractivity contribution in [3.05, 3.63) is 22.8 Å². The second kappa shape index (κ2) is 7.54. The van der Waals surface area contributed by atoms with Crippen LogP contribution < -0.4 is 0 Å². The molecule has 0 saturated heterocycles. The number of unbranched alkanes of at least 4 members (excludes halogenated alkanes) is 1. The molecule has 0 spiro atoms. The van der Waals surface area contributed by atoms with Crippen LogP contribution in [0.2, 0.25) is 0 Å². The van der Waals surface area contributed by atoms with E-state index in [0.717, 1.165) is 24.7 Å². The molecule has 0 aromatic carbocycles. The zero-order valence-electron chi connectivity index (χ0n) is 9.89. The maximum Gasteiger partial charge on any atom is 0.149 e. The molecule has 1 heteroatoms. The summed E-state index contributed by atoms with van der Waals surface area (Å²) in [6, 6.07) is 0. The summed E-state index contributed by atoms with van der Waals surface area (Å²) < 4.78 is 0. The summed E-state index contributed by atoms with van der Waals surface area (Å²) in [5.74, 6) is 0.